The molecule has 0 amide bonds. The van der Waals surface area contributed by atoms with Gasteiger partial charge in [0, 0.05) is 18.8 Å². The van der Waals surface area contributed by atoms with Crippen LogP contribution >= 0.6 is 0 Å². The third-order valence-electron chi connectivity index (χ3n) is 2.18. The molecular weight excluding hydrogens is 160 g/mol. The summed E-state index contributed by atoms with van der Waals surface area (Å²) in [7, 11) is 2.01. The highest BCUT2D eigenvalue weighted by Gasteiger charge is 2.01. The number of aromatic nitrogens is 2. The number of imidazole rings is 1. The van der Waals surface area contributed by atoms with E-state index in [0.717, 1.165) is 11.5 Å². The molecule has 0 aliphatic carbocycles. The lowest BCUT2D eigenvalue weighted by atomic mass is 10.2. The second kappa shape index (κ2) is 3.05. The molecule has 0 aliphatic rings. The smallest absolute Gasteiger partial charge is 0.105 e. The molecule has 1 heterocycles. The number of nitrogens with zero attached hydrogens (tertiary/aromatic N) is 2. The maximum absolute atomic E-state index is 4.44. The molecule has 2 rings (SSSR count). The quantitative estimate of drug-likeness (QED) is 0.645. The van der Waals surface area contributed by atoms with Crippen LogP contribution in [-0.2, 0) is 7.05 Å². The zero-order valence-corrected chi connectivity index (χ0v) is 7.86. The predicted molar refractivity (Wildman–Crippen MR) is 53.4 cm³/mol. The second-order valence-electron chi connectivity index (χ2n) is 3.15. The van der Waals surface area contributed by atoms with Crippen molar-refractivity contribution in [3.8, 4) is 11.3 Å². The lowest BCUT2D eigenvalue weighted by Gasteiger charge is -1.92. The number of hydrogen-bond donors (Lipinski definition) is 0. The summed E-state index contributed by atoms with van der Waals surface area (Å²) in [5.41, 5.74) is 2.21. The summed E-state index contributed by atoms with van der Waals surface area (Å²) in [6, 6.07) is 10.2. The van der Waals surface area contributed by atoms with Crippen LogP contribution in [0.1, 0.15) is 5.82 Å². The van der Waals surface area contributed by atoms with Gasteiger partial charge in [-0.2, -0.15) is 0 Å². The van der Waals surface area contributed by atoms with E-state index in [-0.39, 0.29) is 0 Å². The van der Waals surface area contributed by atoms with Gasteiger partial charge in [0.1, 0.15) is 5.82 Å². The first-order valence-corrected chi connectivity index (χ1v) is 4.33. The highest BCUT2D eigenvalue weighted by atomic mass is 15.0. The van der Waals surface area contributed by atoms with Crippen LogP contribution in [-0.4, -0.2) is 9.55 Å². The van der Waals surface area contributed by atoms with Crippen molar-refractivity contribution < 1.29 is 0 Å². The normalized spacial score (nSPS) is 10.3. The van der Waals surface area contributed by atoms with Crippen molar-refractivity contribution in [3.63, 3.8) is 0 Å². The highest BCUT2D eigenvalue weighted by Crippen LogP contribution is 2.16. The molecule has 0 saturated carbocycles. The predicted octanol–water partition coefficient (Wildman–Crippen LogP) is 2.40. The Balaban J connectivity index is 2.48. The van der Waals surface area contributed by atoms with Gasteiger partial charge >= 0.3 is 0 Å². The van der Waals surface area contributed by atoms with Crippen molar-refractivity contribution >= 4 is 0 Å². The van der Waals surface area contributed by atoms with Crippen LogP contribution in [0.2, 0.25) is 0 Å². The minimum Gasteiger partial charge on any atom is -0.338 e. The molecule has 0 saturated heterocycles. The maximum Gasteiger partial charge on any atom is 0.105 e. The van der Waals surface area contributed by atoms with Crippen LogP contribution < -0.4 is 0 Å². The molecule has 2 heteroatoms. The van der Waals surface area contributed by atoms with Gasteiger partial charge in [-0.05, 0) is 6.92 Å². The van der Waals surface area contributed by atoms with Crippen molar-refractivity contribution in [1.29, 1.82) is 0 Å². The Labute approximate surface area is 77.9 Å². The fourth-order valence-electron chi connectivity index (χ4n) is 1.31. The Morgan fingerprint density at radius 1 is 1.15 bits per heavy atom. The molecule has 2 nitrogen and oxygen atoms in total. The molecule has 0 unspecified atom stereocenters. The Kier molecular flexibility index (Phi) is 1.89. The van der Waals surface area contributed by atoms with Crippen LogP contribution in [0.25, 0.3) is 11.3 Å². The van der Waals surface area contributed by atoms with Gasteiger partial charge < -0.3 is 4.57 Å². The summed E-state index contributed by atoms with van der Waals surface area (Å²) < 4.78 is 2.03. The Morgan fingerprint density at radius 3 is 2.38 bits per heavy atom. The Hall–Kier alpha value is -1.57. The largest absolute Gasteiger partial charge is 0.338 e. The van der Waals surface area contributed by atoms with Crippen molar-refractivity contribution in [2.75, 3.05) is 0 Å². The average Bonchev–Trinajstić information content (AvgIpc) is 2.49. The minimum absolute atomic E-state index is 1.04. The molecule has 1 aromatic heterocycles. The van der Waals surface area contributed by atoms with Gasteiger partial charge in [0.05, 0.1) is 5.69 Å². The maximum atomic E-state index is 4.44. The lowest BCUT2D eigenvalue weighted by Crippen LogP contribution is -1.86. The van der Waals surface area contributed by atoms with E-state index in [2.05, 4.69) is 17.1 Å². The number of aryl methyl sites for hydroxylation is 2. The number of rotatable bonds is 1. The van der Waals surface area contributed by atoms with E-state index in [1.54, 1.807) is 0 Å². The molecule has 13 heavy (non-hydrogen) atoms. The summed E-state index contributed by atoms with van der Waals surface area (Å²) in [4.78, 5) is 4.44. The second-order valence-corrected chi connectivity index (χ2v) is 3.15. The molecule has 0 aliphatic heterocycles. The van der Waals surface area contributed by atoms with E-state index in [0.29, 0.717) is 0 Å². The van der Waals surface area contributed by atoms with Crippen molar-refractivity contribution in [2.45, 2.75) is 6.92 Å². The van der Waals surface area contributed by atoms with E-state index < -0.39 is 0 Å². The van der Waals surface area contributed by atoms with E-state index in [1.165, 1.54) is 5.56 Å². The zero-order chi connectivity index (χ0) is 9.26. The number of hydrogen-bond acceptors (Lipinski definition) is 1. The highest BCUT2D eigenvalue weighted by molar-refractivity contribution is 5.58. The van der Waals surface area contributed by atoms with Crippen LogP contribution in [0, 0.1) is 6.92 Å². The molecule has 0 fully saturated rings. The molecule has 0 N–H and O–H groups in total. The molecule has 0 radical (unpaired) electrons. The van der Waals surface area contributed by atoms with E-state index in [1.807, 2.05) is 42.9 Å². The Morgan fingerprint density at radius 2 is 1.85 bits per heavy atom. The lowest BCUT2D eigenvalue weighted by molar-refractivity contribution is 0.858. The van der Waals surface area contributed by atoms with Gasteiger partial charge in [-0.25, -0.2) is 4.98 Å². The summed E-state index contributed by atoms with van der Waals surface area (Å²) in [6.07, 6.45) is 2.05. The van der Waals surface area contributed by atoms with E-state index in [9.17, 15) is 0 Å². The average molecular weight is 172 g/mol. The molecule has 1 aromatic carbocycles. The van der Waals surface area contributed by atoms with Gasteiger partial charge in [-0.15, -0.1) is 0 Å². The number of benzene rings is 1. The summed E-state index contributed by atoms with van der Waals surface area (Å²) >= 11 is 0. The van der Waals surface area contributed by atoms with Crippen molar-refractivity contribution in [1.82, 2.24) is 9.55 Å². The fourth-order valence-corrected chi connectivity index (χ4v) is 1.31. The van der Waals surface area contributed by atoms with Crippen LogP contribution in [0.15, 0.2) is 36.5 Å². The van der Waals surface area contributed by atoms with E-state index in [4.69, 9.17) is 0 Å². The van der Waals surface area contributed by atoms with Crippen LogP contribution in [0.3, 0.4) is 0 Å². The van der Waals surface area contributed by atoms with Gasteiger partial charge in [-0.1, -0.05) is 30.3 Å². The monoisotopic (exact) mass is 172 g/mol. The Bertz CT molecular complexity index is 382. The third kappa shape index (κ3) is 1.47. The van der Waals surface area contributed by atoms with Crippen molar-refractivity contribution in [2.24, 2.45) is 7.05 Å². The van der Waals surface area contributed by atoms with E-state index >= 15 is 0 Å². The summed E-state index contributed by atoms with van der Waals surface area (Å²) in [5, 5.41) is 0. The minimum atomic E-state index is 1.04. The molecular formula is C11H12N2. The first-order chi connectivity index (χ1) is 6.27. The first kappa shape index (κ1) is 8.05. The van der Waals surface area contributed by atoms with Crippen LogP contribution in [0.5, 0.6) is 0 Å². The van der Waals surface area contributed by atoms with Gasteiger partial charge in [0.2, 0.25) is 0 Å². The first-order valence-electron chi connectivity index (χ1n) is 4.33. The van der Waals surface area contributed by atoms with Gasteiger partial charge in [-0.3, -0.25) is 0 Å². The SMILES string of the molecule is Cc1nc(-c2ccccc2)cn1C. The van der Waals surface area contributed by atoms with Gasteiger partial charge in [0.15, 0.2) is 0 Å². The summed E-state index contributed by atoms with van der Waals surface area (Å²) in [6.45, 7) is 2.01. The van der Waals surface area contributed by atoms with Crippen LogP contribution in [0.4, 0.5) is 0 Å². The molecule has 0 bridgehead atoms. The molecule has 0 atom stereocenters. The summed E-state index contributed by atoms with van der Waals surface area (Å²) in [5.74, 6) is 1.04. The molecule has 0 spiro atoms. The topological polar surface area (TPSA) is 17.8 Å². The molecule has 66 valence electrons. The fraction of sp³-hybridized carbons (Fsp3) is 0.182. The standard InChI is InChI=1S/C11H12N2/c1-9-12-11(8-13(9)2)10-6-4-3-5-7-10/h3-8H,1-2H3. The van der Waals surface area contributed by atoms with Gasteiger partial charge in [0.25, 0.3) is 0 Å². The third-order valence-corrected chi connectivity index (χ3v) is 2.18. The zero-order valence-electron chi connectivity index (χ0n) is 7.86. The molecule has 2 aromatic rings. The van der Waals surface area contributed by atoms with Crippen molar-refractivity contribution in [3.05, 3.63) is 42.4 Å².